The molecule has 0 saturated carbocycles. The smallest absolute Gasteiger partial charge is 0.303 e. The van der Waals surface area contributed by atoms with Crippen molar-refractivity contribution in [1.29, 1.82) is 0 Å². The first kappa shape index (κ1) is 20.7. The number of hydrogen-bond donors (Lipinski definition) is 1. The molecule has 5 atom stereocenters. The molecule has 0 aromatic heterocycles. The first-order valence-corrected chi connectivity index (χ1v) is 11.9. The zero-order valence-electron chi connectivity index (χ0n) is 16.1. The van der Waals surface area contributed by atoms with Crippen molar-refractivity contribution >= 4 is 17.1 Å². The van der Waals surface area contributed by atoms with Gasteiger partial charge >= 0.3 is 5.97 Å². The molecular formula is C22H32O4S. The second-order valence-electron chi connectivity index (χ2n) is 8.01. The van der Waals surface area contributed by atoms with E-state index in [1.807, 2.05) is 18.2 Å². The number of rotatable bonds is 12. The molecule has 2 fully saturated rings. The first-order chi connectivity index (χ1) is 13.1. The number of aliphatic carboxylic acids is 1. The van der Waals surface area contributed by atoms with Crippen molar-refractivity contribution in [2.75, 3.05) is 11.5 Å². The van der Waals surface area contributed by atoms with Gasteiger partial charge in [0.05, 0.1) is 12.2 Å². The summed E-state index contributed by atoms with van der Waals surface area (Å²) in [5.41, 5.74) is 1.26. The minimum atomic E-state index is -0.794. The molecule has 1 N–H and O–H groups in total. The quantitative estimate of drug-likeness (QED) is 0.428. The molecule has 27 heavy (non-hydrogen) atoms. The second kappa shape index (κ2) is 10.5. The first-order valence-electron chi connectivity index (χ1n) is 10.4. The molecule has 0 radical (unpaired) electrons. The fourth-order valence-electron chi connectivity index (χ4n) is 4.69. The minimum absolute atomic E-state index is 0.278. The van der Waals surface area contributed by atoms with Gasteiger partial charge < -0.3 is 14.4 Å². The third kappa shape index (κ3) is 6.23. The Morgan fingerprint density at radius 1 is 1.07 bits per heavy atom. The van der Waals surface area contributed by atoms with Gasteiger partial charge in [-0.1, -0.05) is 60.8 Å². The summed E-state index contributed by atoms with van der Waals surface area (Å²) in [5.74, 6) is 1.80. The third-order valence-electron chi connectivity index (χ3n) is 6.11. The highest BCUT2D eigenvalue weighted by Gasteiger charge is 2.49. The van der Waals surface area contributed by atoms with E-state index >= 15 is 0 Å². The SMILES string of the molecule is O=C(O)CCCCCCC1C2CCC(O2)C1C[S+]([O-])CCc1ccccc1. The fourth-order valence-corrected chi connectivity index (χ4v) is 6.21. The van der Waals surface area contributed by atoms with Crippen molar-refractivity contribution < 1.29 is 19.2 Å². The van der Waals surface area contributed by atoms with Gasteiger partial charge in [-0.05, 0) is 37.2 Å². The molecule has 0 amide bonds. The molecule has 2 heterocycles. The van der Waals surface area contributed by atoms with Crippen LogP contribution in [0.4, 0.5) is 0 Å². The van der Waals surface area contributed by atoms with Crippen LogP contribution < -0.4 is 0 Å². The Morgan fingerprint density at radius 2 is 1.78 bits per heavy atom. The summed E-state index contributed by atoms with van der Waals surface area (Å²) >= 11 is -0.794. The van der Waals surface area contributed by atoms with Crippen LogP contribution in [0, 0.1) is 11.8 Å². The van der Waals surface area contributed by atoms with Crippen molar-refractivity contribution in [3.05, 3.63) is 35.9 Å². The molecule has 5 heteroatoms. The standard InChI is InChI=1S/C22H32O4S/c23-22(24)11-7-2-1-6-10-18-19(21-13-12-20(18)26-21)16-27(25)15-14-17-8-4-3-5-9-17/h3-5,8-9,18-21H,1-2,6-7,10-16H2,(H,23,24). The minimum Gasteiger partial charge on any atom is -0.616 e. The highest BCUT2D eigenvalue weighted by Crippen LogP contribution is 2.46. The van der Waals surface area contributed by atoms with E-state index in [1.54, 1.807) is 0 Å². The zero-order valence-corrected chi connectivity index (χ0v) is 16.9. The van der Waals surface area contributed by atoms with Crippen molar-refractivity contribution in [2.45, 2.75) is 70.0 Å². The van der Waals surface area contributed by atoms with Crippen LogP contribution in [0.25, 0.3) is 0 Å². The topological polar surface area (TPSA) is 69.6 Å². The van der Waals surface area contributed by atoms with Crippen LogP contribution in [-0.4, -0.2) is 39.3 Å². The van der Waals surface area contributed by atoms with Gasteiger partial charge in [-0.15, -0.1) is 0 Å². The van der Waals surface area contributed by atoms with E-state index in [2.05, 4.69) is 12.1 Å². The Labute approximate surface area is 165 Å². The van der Waals surface area contributed by atoms with Gasteiger partial charge in [-0.2, -0.15) is 0 Å². The summed E-state index contributed by atoms with van der Waals surface area (Å²) < 4.78 is 18.8. The number of carboxylic acid groups (broad SMARTS) is 1. The predicted octanol–water partition coefficient (Wildman–Crippen LogP) is 4.20. The van der Waals surface area contributed by atoms with E-state index in [1.165, 1.54) is 5.56 Å². The Morgan fingerprint density at radius 3 is 2.52 bits per heavy atom. The maximum Gasteiger partial charge on any atom is 0.303 e. The lowest BCUT2D eigenvalue weighted by atomic mass is 9.77. The highest BCUT2D eigenvalue weighted by molar-refractivity contribution is 7.91. The number of hydrogen-bond acceptors (Lipinski definition) is 3. The summed E-state index contributed by atoms with van der Waals surface area (Å²) in [6, 6.07) is 10.3. The molecule has 2 saturated heterocycles. The average molecular weight is 393 g/mol. The van der Waals surface area contributed by atoms with Gasteiger partial charge in [-0.25, -0.2) is 0 Å². The van der Waals surface area contributed by atoms with Crippen molar-refractivity contribution in [3.63, 3.8) is 0 Å². The summed E-state index contributed by atoms with van der Waals surface area (Å²) in [6.07, 6.45) is 9.23. The molecule has 3 rings (SSSR count). The van der Waals surface area contributed by atoms with E-state index in [0.29, 0.717) is 24.0 Å². The number of carboxylic acids is 1. The lowest BCUT2D eigenvalue weighted by Gasteiger charge is -2.28. The van der Waals surface area contributed by atoms with Crippen molar-refractivity contribution in [1.82, 2.24) is 0 Å². The third-order valence-corrected chi connectivity index (χ3v) is 7.52. The van der Waals surface area contributed by atoms with Crippen LogP contribution in [0.1, 0.15) is 56.9 Å². The molecule has 2 aliphatic heterocycles. The van der Waals surface area contributed by atoms with Crippen LogP contribution in [0.3, 0.4) is 0 Å². The Kier molecular flexibility index (Phi) is 8.04. The van der Waals surface area contributed by atoms with Crippen LogP contribution in [0.15, 0.2) is 30.3 Å². The van der Waals surface area contributed by atoms with Gasteiger partial charge in [-0.3, -0.25) is 4.79 Å². The van der Waals surface area contributed by atoms with Crippen LogP contribution in [-0.2, 0) is 27.1 Å². The zero-order chi connectivity index (χ0) is 19.1. The maximum absolute atomic E-state index is 12.7. The number of ether oxygens (including phenoxy) is 1. The largest absolute Gasteiger partial charge is 0.616 e. The average Bonchev–Trinajstić information content (AvgIpc) is 3.26. The molecule has 1 aromatic carbocycles. The number of unbranched alkanes of at least 4 members (excludes halogenated alkanes) is 3. The van der Waals surface area contributed by atoms with Gasteiger partial charge in [0, 0.05) is 18.8 Å². The van der Waals surface area contributed by atoms with Gasteiger partial charge in [0.25, 0.3) is 0 Å². The summed E-state index contributed by atoms with van der Waals surface area (Å²) in [5, 5.41) is 8.70. The summed E-state index contributed by atoms with van der Waals surface area (Å²) in [6.45, 7) is 0. The molecule has 2 aliphatic rings. The van der Waals surface area contributed by atoms with Gasteiger partial charge in [0.15, 0.2) is 0 Å². The van der Waals surface area contributed by atoms with E-state index < -0.39 is 17.1 Å². The second-order valence-corrected chi connectivity index (χ2v) is 9.63. The van der Waals surface area contributed by atoms with Crippen molar-refractivity contribution in [2.24, 2.45) is 11.8 Å². The van der Waals surface area contributed by atoms with E-state index in [-0.39, 0.29) is 6.42 Å². The molecular weight excluding hydrogens is 360 g/mol. The predicted molar refractivity (Wildman–Crippen MR) is 108 cm³/mol. The molecule has 2 bridgehead atoms. The van der Waals surface area contributed by atoms with E-state index in [0.717, 1.165) is 62.9 Å². The lowest BCUT2D eigenvalue weighted by molar-refractivity contribution is -0.137. The molecule has 0 spiro atoms. The van der Waals surface area contributed by atoms with E-state index in [4.69, 9.17) is 9.84 Å². The lowest BCUT2D eigenvalue weighted by Crippen LogP contribution is -2.34. The molecule has 0 aliphatic carbocycles. The fraction of sp³-hybridized carbons (Fsp3) is 0.682. The maximum atomic E-state index is 12.7. The molecule has 150 valence electrons. The van der Waals surface area contributed by atoms with Crippen LogP contribution in [0.2, 0.25) is 0 Å². The van der Waals surface area contributed by atoms with Crippen LogP contribution in [0.5, 0.6) is 0 Å². The molecule has 4 nitrogen and oxygen atoms in total. The molecule has 1 aromatic rings. The number of aryl methyl sites for hydroxylation is 1. The number of carbonyl (C=O) groups is 1. The van der Waals surface area contributed by atoms with Gasteiger partial charge in [0.1, 0.15) is 11.5 Å². The van der Waals surface area contributed by atoms with Gasteiger partial charge in [0.2, 0.25) is 0 Å². The number of fused-ring (bicyclic) bond motifs is 2. The highest BCUT2D eigenvalue weighted by atomic mass is 32.2. The Bertz CT molecular complexity index is 579. The summed E-state index contributed by atoms with van der Waals surface area (Å²) in [7, 11) is 0. The Hall–Kier alpha value is -1.04. The molecule has 5 unspecified atom stereocenters. The summed E-state index contributed by atoms with van der Waals surface area (Å²) in [4.78, 5) is 10.6. The van der Waals surface area contributed by atoms with E-state index in [9.17, 15) is 9.35 Å². The Balaban J connectivity index is 1.40. The number of benzene rings is 1. The van der Waals surface area contributed by atoms with Crippen molar-refractivity contribution in [3.8, 4) is 0 Å². The normalized spacial score (nSPS) is 27.7. The monoisotopic (exact) mass is 392 g/mol. The van der Waals surface area contributed by atoms with Crippen LogP contribution >= 0.6 is 0 Å².